The number of anilines is 1. The molecule has 0 spiro atoms. The maximum absolute atomic E-state index is 9.25. The van der Waals surface area contributed by atoms with E-state index in [0.717, 1.165) is 36.3 Å². The smallest absolute Gasteiger partial charge is 0.101 e. The van der Waals surface area contributed by atoms with Crippen LogP contribution in [0.5, 0.6) is 0 Å². The van der Waals surface area contributed by atoms with Crippen molar-refractivity contribution < 1.29 is 4.74 Å². The topological polar surface area (TPSA) is 39.5 Å². The third kappa shape index (κ3) is 4.44. The normalized spacial score (nSPS) is 22.8. The van der Waals surface area contributed by atoms with E-state index >= 15 is 0 Å². The molecule has 1 saturated heterocycles. The second-order valence-corrected chi connectivity index (χ2v) is 6.63. The molecule has 1 aromatic rings. The molecule has 21 heavy (non-hydrogen) atoms. The van der Waals surface area contributed by atoms with Crippen molar-refractivity contribution in [1.29, 1.82) is 5.26 Å². The first kappa shape index (κ1) is 16.3. The average molecular weight is 352 g/mol. The van der Waals surface area contributed by atoms with Gasteiger partial charge in [-0.3, -0.25) is 4.90 Å². The van der Waals surface area contributed by atoms with Crippen molar-refractivity contribution in [1.82, 2.24) is 4.90 Å². The summed E-state index contributed by atoms with van der Waals surface area (Å²) in [7, 11) is 2.04. The lowest BCUT2D eigenvalue weighted by molar-refractivity contribution is -0.0670. The fraction of sp³-hybridized carbons (Fsp3) is 0.562. The minimum Gasteiger partial charge on any atom is -0.373 e. The second kappa shape index (κ2) is 7.26. The van der Waals surface area contributed by atoms with Crippen molar-refractivity contribution >= 4 is 21.6 Å². The summed E-state index contributed by atoms with van der Waals surface area (Å²) in [6.45, 7) is 8.07. The second-order valence-electron chi connectivity index (χ2n) is 5.71. The summed E-state index contributed by atoms with van der Waals surface area (Å²) in [6, 6.07) is 8.10. The Kier molecular flexibility index (Phi) is 5.63. The van der Waals surface area contributed by atoms with Gasteiger partial charge in [0.15, 0.2) is 0 Å². The Balaban J connectivity index is 1.96. The summed E-state index contributed by atoms with van der Waals surface area (Å²) in [4.78, 5) is 4.58. The summed E-state index contributed by atoms with van der Waals surface area (Å²) in [6.07, 6.45) is 0.586. The molecule has 0 aromatic heterocycles. The Morgan fingerprint density at radius 3 is 2.67 bits per heavy atom. The highest BCUT2D eigenvalue weighted by molar-refractivity contribution is 9.10. The van der Waals surface area contributed by atoms with Crippen molar-refractivity contribution in [3.63, 3.8) is 0 Å². The van der Waals surface area contributed by atoms with Gasteiger partial charge in [-0.15, -0.1) is 0 Å². The van der Waals surface area contributed by atoms with Gasteiger partial charge in [-0.2, -0.15) is 5.26 Å². The Morgan fingerprint density at radius 1 is 1.38 bits per heavy atom. The van der Waals surface area contributed by atoms with E-state index in [1.807, 2.05) is 25.2 Å². The maximum atomic E-state index is 9.25. The highest BCUT2D eigenvalue weighted by atomic mass is 79.9. The van der Waals surface area contributed by atoms with Gasteiger partial charge < -0.3 is 9.64 Å². The summed E-state index contributed by atoms with van der Waals surface area (Å²) in [5, 5.41) is 9.25. The predicted octanol–water partition coefficient (Wildman–Crippen LogP) is 2.87. The van der Waals surface area contributed by atoms with Crippen molar-refractivity contribution in [3.8, 4) is 6.07 Å². The third-order valence-corrected chi connectivity index (χ3v) is 4.23. The van der Waals surface area contributed by atoms with Crippen LogP contribution < -0.4 is 4.90 Å². The number of ether oxygens (including phenoxy) is 1. The number of rotatable bonds is 4. The van der Waals surface area contributed by atoms with Crippen molar-refractivity contribution in [2.45, 2.75) is 26.1 Å². The third-order valence-electron chi connectivity index (χ3n) is 3.74. The molecule has 1 aliphatic rings. The lowest BCUT2D eigenvalue weighted by atomic mass is 10.2. The van der Waals surface area contributed by atoms with Crippen LogP contribution in [0, 0.1) is 11.3 Å². The van der Waals surface area contributed by atoms with E-state index in [4.69, 9.17) is 4.74 Å². The van der Waals surface area contributed by atoms with E-state index in [-0.39, 0.29) is 0 Å². The van der Waals surface area contributed by atoms with Crippen molar-refractivity contribution in [3.05, 3.63) is 28.2 Å². The molecule has 0 saturated carbocycles. The van der Waals surface area contributed by atoms with Crippen LogP contribution >= 0.6 is 15.9 Å². The van der Waals surface area contributed by atoms with E-state index in [9.17, 15) is 5.26 Å². The van der Waals surface area contributed by atoms with Crippen LogP contribution in [0.4, 0.5) is 5.69 Å². The minimum absolute atomic E-state index is 0.293. The number of likely N-dealkylation sites (N-methyl/N-ethyl adjacent to an activating group) is 1. The average Bonchev–Trinajstić information content (AvgIpc) is 2.43. The molecular formula is C16H22BrN3O. The quantitative estimate of drug-likeness (QED) is 0.836. The zero-order chi connectivity index (χ0) is 15.4. The number of nitrogens with zero attached hydrogens (tertiary/aromatic N) is 3. The summed E-state index contributed by atoms with van der Waals surface area (Å²) in [5.41, 5.74) is 1.69. The van der Waals surface area contributed by atoms with E-state index in [1.165, 1.54) is 0 Å². The molecule has 4 nitrogen and oxygen atoms in total. The van der Waals surface area contributed by atoms with E-state index in [0.29, 0.717) is 17.8 Å². The predicted molar refractivity (Wildman–Crippen MR) is 88.6 cm³/mol. The lowest BCUT2D eigenvalue weighted by Gasteiger charge is -2.36. The number of morpholine rings is 1. The van der Waals surface area contributed by atoms with Crippen molar-refractivity contribution in [2.75, 3.05) is 38.1 Å². The monoisotopic (exact) mass is 351 g/mol. The molecule has 0 bridgehead atoms. The molecule has 5 heteroatoms. The van der Waals surface area contributed by atoms with Gasteiger partial charge in [-0.05, 0) is 32.0 Å². The first-order valence-electron chi connectivity index (χ1n) is 7.28. The van der Waals surface area contributed by atoms with Crippen LogP contribution in [0.1, 0.15) is 19.4 Å². The van der Waals surface area contributed by atoms with Gasteiger partial charge in [0.25, 0.3) is 0 Å². The molecule has 0 aliphatic carbocycles. The Labute approximate surface area is 135 Å². The molecule has 1 fully saturated rings. The van der Waals surface area contributed by atoms with Crippen LogP contribution in [0.25, 0.3) is 0 Å². The lowest BCUT2D eigenvalue weighted by Crippen LogP contribution is -2.47. The van der Waals surface area contributed by atoms with E-state index in [2.05, 4.69) is 45.6 Å². The van der Waals surface area contributed by atoms with Crippen LogP contribution in [0.2, 0.25) is 0 Å². The molecule has 0 unspecified atom stereocenters. The standard InChI is InChI=1S/C16H22BrN3O/c1-12-10-20(11-13(2)21-12)7-6-19(3)16-5-4-15(17)8-14(16)9-18/h4-5,8,12-13H,6-7,10-11H2,1-3H3/t12-,13+. The zero-order valence-corrected chi connectivity index (χ0v) is 14.4. The van der Waals surface area contributed by atoms with Gasteiger partial charge in [0.2, 0.25) is 0 Å². The first-order chi connectivity index (χ1) is 9.99. The fourth-order valence-electron chi connectivity index (χ4n) is 2.81. The first-order valence-corrected chi connectivity index (χ1v) is 8.07. The van der Waals surface area contributed by atoms with E-state index < -0.39 is 0 Å². The summed E-state index contributed by atoms with van der Waals surface area (Å²) >= 11 is 3.41. The van der Waals surface area contributed by atoms with Gasteiger partial charge in [0, 0.05) is 37.7 Å². The molecule has 1 aromatic carbocycles. The number of halogens is 1. The Hall–Kier alpha value is -1.09. The number of hydrogen-bond acceptors (Lipinski definition) is 4. The van der Waals surface area contributed by atoms with Crippen LogP contribution in [0.3, 0.4) is 0 Å². The molecule has 0 amide bonds. The van der Waals surface area contributed by atoms with Crippen LogP contribution in [0.15, 0.2) is 22.7 Å². The SMILES string of the molecule is C[C@@H]1CN(CCN(C)c2ccc(Br)cc2C#N)C[C@H](C)O1. The molecule has 2 rings (SSSR count). The minimum atomic E-state index is 0.293. The summed E-state index contributed by atoms with van der Waals surface area (Å²) in [5.74, 6) is 0. The van der Waals surface area contributed by atoms with Gasteiger partial charge in [-0.25, -0.2) is 0 Å². The largest absolute Gasteiger partial charge is 0.373 e. The zero-order valence-electron chi connectivity index (χ0n) is 12.8. The molecule has 114 valence electrons. The van der Waals surface area contributed by atoms with Crippen molar-refractivity contribution in [2.24, 2.45) is 0 Å². The molecule has 1 aliphatic heterocycles. The van der Waals surface area contributed by atoms with Gasteiger partial charge in [-0.1, -0.05) is 15.9 Å². The highest BCUT2D eigenvalue weighted by Crippen LogP contribution is 2.23. The number of benzene rings is 1. The molecular weight excluding hydrogens is 330 g/mol. The number of hydrogen-bond donors (Lipinski definition) is 0. The molecule has 2 atom stereocenters. The van der Waals surface area contributed by atoms with Gasteiger partial charge in [0.05, 0.1) is 23.5 Å². The van der Waals surface area contributed by atoms with Crippen LogP contribution in [-0.4, -0.2) is 50.3 Å². The highest BCUT2D eigenvalue weighted by Gasteiger charge is 2.22. The van der Waals surface area contributed by atoms with Gasteiger partial charge >= 0.3 is 0 Å². The Morgan fingerprint density at radius 2 is 2.05 bits per heavy atom. The molecule has 0 radical (unpaired) electrons. The van der Waals surface area contributed by atoms with Crippen LogP contribution in [-0.2, 0) is 4.74 Å². The maximum Gasteiger partial charge on any atom is 0.101 e. The molecule has 1 heterocycles. The molecule has 0 N–H and O–H groups in total. The fourth-order valence-corrected chi connectivity index (χ4v) is 3.17. The number of nitriles is 1. The van der Waals surface area contributed by atoms with Gasteiger partial charge in [0.1, 0.15) is 6.07 Å². The van der Waals surface area contributed by atoms with E-state index in [1.54, 1.807) is 0 Å². The summed E-state index contributed by atoms with van der Waals surface area (Å²) < 4.78 is 6.69. The Bertz CT molecular complexity index is 519.